The average molecular weight is 471 g/mol. The first-order valence-corrected chi connectivity index (χ1v) is 14.1. The first-order chi connectivity index (χ1) is 15.9. The van der Waals surface area contributed by atoms with Crippen LogP contribution in [0.25, 0.3) is 0 Å². The molecule has 2 N–H and O–H groups in total. The topological polar surface area (TPSA) is 54.0 Å². The highest BCUT2D eigenvalue weighted by molar-refractivity contribution is 4.83. The summed E-state index contributed by atoms with van der Waals surface area (Å²) >= 11 is 0. The van der Waals surface area contributed by atoms with Gasteiger partial charge in [-0.15, -0.1) is 0 Å². The van der Waals surface area contributed by atoms with Gasteiger partial charge in [-0.05, 0) is 77.3 Å². The largest absolute Gasteiger partial charge is 0.393 e. The molecule has 0 bridgehead atoms. The van der Waals surface area contributed by atoms with E-state index in [1.165, 1.54) is 83.5 Å². The fourth-order valence-corrected chi connectivity index (χ4v) is 5.78. The van der Waals surface area contributed by atoms with Crippen LogP contribution >= 0.6 is 0 Å². The quantitative estimate of drug-likeness (QED) is 0.203. The second-order valence-corrected chi connectivity index (χ2v) is 11.1. The number of hydrogen-bond acceptors (Lipinski definition) is 5. The van der Waals surface area contributed by atoms with E-state index in [9.17, 15) is 5.11 Å². The number of rotatable bonds is 16. The van der Waals surface area contributed by atoms with Gasteiger partial charge in [0, 0.05) is 25.8 Å². The summed E-state index contributed by atoms with van der Waals surface area (Å²) in [7, 11) is 5.70. The number of aliphatic hydroxyl groups is 1. The zero-order chi connectivity index (χ0) is 24.4. The Labute approximate surface area is 206 Å². The van der Waals surface area contributed by atoms with Crippen LogP contribution in [0.1, 0.15) is 117 Å². The number of methoxy groups -OCH3 is 1. The van der Waals surface area contributed by atoms with Crippen LogP contribution in [0.5, 0.6) is 0 Å². The Bertz CT molecular complexity index is 451. The van der Waals surface area contributed by atoms with Gasteiger partial charge in [-0.3, -0.25) is 0 Å². The van der Waals surface area contributed by atoms with Crippen LogP contribution in [0.2, 0.25) is 0 Å². The maximum Gasteiger partial charge on any atom is 0.0572 e. The highest BCUT2D eigenvalue weighted by Gasteiger charge is 2.28. The number of hydroxylamine groups is 1. The lowest BCUT2D eigenvalue weighted by Gasteiger charge is -2.34. The standard InChI is InChI=1S/C28H58N2O3/c1-6-7-20-28(2,29-33-5)24-25-15-9-8-10-17-26(18-12-11-16-25)27(31)19-13-21-30(3)22-14-23-32-4/h25-27,29,31H,6-24H2,1-5H3. The number of nitrogens with one attached hydrogen (secondary N) is 1. The maximum atomic E-state index is 10.9. The molecule has 0 radical (unpaired) electrons. The summed E-state index contributed by atoms with van der Waals surface area (Å²) in [6.07, 6.45) is 19.4. The summed E-state index contributed by atoms with van der Waals surface area (Å²) in [5.41, 5.74) is 3.43. The van der Waals surface area contributed by atoms with Gasteiger partial charge in [0.25, 0.3) is 0 Å². The van der Waals surface area contributed by atoms with Gasteiger partial charge in [0.15, 0.2) is 0 Å². The van der Waals surface area contributed by atoms with Crippen molar-refractivity contribution in [2.75, 3.05) is 41.0 Å². The van der Waals surface area contributed by atoms with Crippen molar-refractivity contribution < 1.29 is 14.7 Å². The minimum absolute atomic E-state index is 0.0884. The Balaban J connectivity index is 2.44. The third-order valence-corrected chi connectivity index (χ3v) is 7.77. The van der Waals surface area contributed by atoms with E-state index >= 15 is 0 Å². The van der Waals surface area contributed by atoms with Gasteiger partial charge in [0.05, 0.1) is 13.2 Å². The van der Waals surface area contributed by atoms with Crippen molar-refractivity contribution in [3.8, 4) is 0 Å². The second-order valence-electron chi connectivity index (χ2n) is 11.1. The van der Waals surface area contributed by atoms with Gasteiger partial charge in [-0.2, -0.15) is 5.48 Å². The molecule has 1 fully saturated rings. The lowest BCUT2D eigenvalue weighted by atomic mass is 9.81. The van der Waals surface area contributed by atoms with E-state index in [1.54, 1.807) is 14.2 Å². The summed E-state index contributed by atoms with van der Waals surface area (Å²) in [6, 6.07) is 0. The molecule has 1 aliphatic carbocycles. The molecule has 0 aromatic rings. The van der Waals surface area contributed by atoms with E-state index in [-0.39, 0.29) is 11.6 Å². The van der Waals surface area contributed by atoms with Crippen molar-refractivity contribution in [3.05, 3.63) is 0 Å². The van der Waals surface area contributed by atoms with E-state index in [1.807, 2.05) is 0 Å². The molecule has 33 heavy (non-hydrogen) atoms. The summed E-state index contributed by atoms with van der Waals surface area (Å²) < 4.78 is 5.15. The molecule has 0 aliphatic heterocycles. The van der Waals surface area contributed by atoms with Crippen LogP contribution in [-0.4, -0.2) is 62.6 Å². The molecule has 4 unspecified atom stereocenters. The highest BCUT2D eigenvalue weighted by Crippen LogP contribution is 2.32. The van der Waals surface area contributed by atoms with Crippen molar-refractivity contribution in [3.63, 3.8) is 0 Å². The fourth-order valence-electron chi connectivity index (χ4n) is 5.78. The number of ether oxygens (including phenoxy) is 1. The predicted molar refractivity (Wildman–Crippen MR) is 140 cm³/mol. The molecule has 0 amide bonds. The Morgan fingerprint density at radius 3 is 2.27 bits per heavy atom. The highest BCUT2D eigenvalue weighted by atomic mass is 16.6. The molecule has 5 nitrogen and oxygen atoms in total. The number of aliphatic hydroxyl groups excluding tert-OH is 1. The van der Waals surface area contributed by atoms with Crippen LogP contribution < -0.4 is 5.48 Å². The minimum Gasteiger partial charge on any atom is -0.393 e. The second kappa shape index (κ2) is 19.0. The van der Waals surface area contributed by atoms with E-state index in [0.29, 0.717) is 5.92 Å². The Hall–Kier alpha value is -0.200. The molecule has 5 heteroatoms. The lowest BCUT2D eigenvalue weighted by molar-refractivity contribution is 0.00233. The van der Waals surface area contributed by atoms with E-state index in [0.717, 1.165) is 44.9 Å². The van der Waals surface area contributed by atoms with Crippen molar-refractivity contribution >= 4 is 0 Å². The average Bonchev–Trinajstić information content (AvgIpc) is 2.83. The van der Waals surface area contributed by atoms with Crippen LogP contribution in [0.15, 0.2) is 0 Å². The fraction of sp³-hybridized carbons (Fsp3) is 1.00. The van der Waals surface area contributed by atoms with Crippen LogP contribution in [0, 0.1) is 11.8 Å². The molecular formula is C28H58N2O3. The van der Waals surface area contributed by atoms with Crippen molar-refractivity contribution in [1.82, 2.24) is 10.4 Å². The summed E-state index contributed by atoms with van der Waals surface area (Å²) in [4.78, 5) is 7.76. The SMILES string of the molecule is CCCCC(C)(CC1CCCCCC(C(O)CCCN(C)CCCOC)CCCC1)NOC. The van der Waals surface area contributed by atoms with Gasteiger partial charge in [0.2, 0.25) is 0 Å². The number of nitrogens with zero attached hydrogens (tertiary/aromatic N) is 1. The molecular weight excluding hydrogens is 412 g/mol. The summed E-state index contributed by atoms with van der Waals surface area (Å²) in [5.74, 6) is 1.27. The molecule has 0 aromatic carbocycles. The molecule has 1 saturated carbocycles. The molecule has 0 spiro atoms. The van der Waals surface area contributed by atoms with Crippen LogP contribution in [-0.2, 0) is 9.57 Å². The van der Waals surface area contributed by atoms with Crippen molar-refractivity contribution in [2.45, 2.75) is 128 Å². The molecule has 198 valence electrons. The monoisotopic (exact) mass is 470 g/mol. The molecule has 0 saturated heterocycles. The summed E-state index contributed by atoms with van der Waals surface area (Å²) in [5, 5.41) is 10.9. The van der Waals surface area contributed by atoms with E-state index < -0.39 is 0 Å². The predicted octanol–water partition coefficient (Wildman–Crippen LogP) is 6.34. The Morgan fingerprint density at radius 2 is 1.61 bits per heavy atom. The van der Waals surface area contributed by atoms with Gasteiger partial charge >= 0.3 is 0 Å². The minimum atomic E-state index is -0.128. The smallest absolute Gasteiger partial charge is 0.0572 e. The molecule has 0 aromatic heterocycles. The molecule has 1 rings (SSSR count). The first-order valence-electron chi connectivity index (χ1n) is 14.1. The van der Waals surface area contributed by atoms with Gasteiger partial charge in [-0.25, -0.2) is 0 Å². The molecule has 0 heterocycles. The van der Waals surface area contributed by atoms with Crippen molar-refractivity contribution in [2.24, 2.45) is 11.8 Å². The molecule has 1 aliphatic rings. The van der Waals surface area contributed by atoms with Crippen molar-refractivity contribution in [1.29, 1.82) is 0 Å². The van der Waals surface area contributed by atoms with Crippen LogP contribution in [0.4, 0.5) is 0 Å². The first kappa shape index (κ1) is 30.8. The number of hydrogen-bond donors (Lipinski definition) is 2. The van der Waals surface area contributed by atoms with Gasteiger partial charge in [0.1, 0.15) is 0 Å². The van der Waals surface area contributed by atoms with Gasteiger partial charge < -0.3 is 19.6 Å². The third-order valence-electron chi connectivity index (χ3n) is 7.77. The zero-order valence-corrected chi connectivity index (χ0v) is 22.9. The normalized spacial score (nSPS) is 23.7. The third kappa shape index (κ3) is 14.7. The zero-order valence-electron chi connectivity index (χ0n) is 22.9. The maximum absolute atomic E-state index is 10.9. The number of unbranched alkanes of at least 4 members (excludes halogenated alkanes) is 1. The Kier molecular flexibility index (Phi) is 17.8. The van der Waals surface area contributed by atoms with Gasteiger partial charge in [-0.1, -0.05) is 64.7 Å². The Morgan fingerprint density at radius 1 is 0.970 bits per heavy atom. The van der Waals surface area contributed by atoms with Crippen LogP contribution in [0.3, 0.4) is 0 Å². The lowest BCUT2D eigenvalue weighted by Crippen LogP contribution is -2.43. The van der Waals surface area contributed by atoms with E-state index in [2.05, 4.69) is 31.3 Å². The van der Waals surface area contributed by atoms with E-state index in [4.69, 9.17) is 9.57 Å². The summed E-state index contributed by atoms with van der Waals surface area (Å²) in [6.45, 7) is 7.59. The molecule has 4 atom stereocenters.